The normalized spacial score (nSPS) is 29.6. The molecule has 4 aromatic rings. The molecule has 83 heavy (non-hydrogen) atoms. The Bertz CT molecular complexity index is 3340. The first-order valence-corrected chi connectivity index (χ1v) is 30.3. The van der Waals surface area contributed by atoms with E-state index in [1.54, 1.807) is 6.07 Å². The number of aromatic nitrogens is 2. The smallest absolute Gasteiger partial charge is 0.338 e. The largest absolute Gasteiger partial charge is 0.493 e. The Hall–Kier alpha value is -5.80. The number of aliphatic carboxylic acids is 1. The quantitative estimate of drug-likeness (QED) is 0.0305. The summed E-state index contributed by atoms with van der Waals surface area (Å²) in [5.74, 6) is -5.77. The van der Waals surface area contributed by atoms with Gasteiger partial charge in [-0.1, -0.05) is 50.3 Å². The molecule has 13 N–H and O–H groups in total. The maximum Gasteiger partial charge on any atom is 0.338 e. The highest BCUT2D eigenvalue weighted by molar-refractivity contribution is 7.87. The number of fused-ring (bicyclic) bond motifs is 1. The van der Waals surface area contributed by atoms with Crippen LogP contribution in [0.25, 0.3) is 10.8 Å². The standard InChI is InChI=1S/C49H61BN4O26S3/c1-21-37(57)39(59)40(60)47(75-21)80-41-29(51-44(61)30-19-35(56)53-49(65)52-30)15-25(50-54-28-17-26(81(66,67)68)13-24-14-27(82(69,70)71)18-34(36(24)28)83(72,73)74)16-31(41)77-48-43(79-46(64)23-10-6-3-7-11-23)42(38(58)33(20-55)78-48)76-32(45(62)63)12-22-8-4-2-5-9-22/h3,6-7,10-11,13-14,17-19,21-22,25,29,31-33,37-43,47-48,50,54-55,57-60H,2,4-5,8-9,12,15-16,20H2,1H3,(H,51,61)(H,62,63)(H,66,67,68)(H,69,70,71)(H,72,73,74)(H2,52,53,56,65)/t21?,25?,29?,31?,32-,33?,37?,38?,39?,40?,41?,42?,43?,47?,48?/m0/s1. The third-order valence-corrected chi connectivity index (χ3v) is 17.4. The summed E-state index contributed by atoms with van der Waals surface area (Å²) in [4.78, 5) is 45.1. The Morgan fingerprint density at radius 1 is 0.759 bits per heavy atom. The van der Waals surface area contributed by atoms with Gasteiger partial charge in [0.1, 0.15) is 53.3 Å². The fourth-order valence-electron chi connectivity index (χ4n) is 10.8. The molecular weight excluding hydrogens is 1170 g/mol. The topological polar surface area (TPSA) is 481 Å². The van der Waals surface area contributed by atoms with Gasteiger partial charge in [0.15, 0.2) is 24.8 Å². The fraction of sp³-hybridized carbons (Fsp3) is 0.531. The van der Waals surface area contributed by atoms with Crippen LogP contribution in [-0.2, 0) is 63.6 Å². The number of ether oxygens (including phenoxy) is 6. The first kappa shape index (κ1) is 63.2. The molecular formula is C49H61BN4O26S3. The van der Waals surface area contributed by atoms with Crippen molar-refractivity contribution in [3.8, 4) is 11.9 Å². The molecule has 0 radical (unpaired) electrons. The second-order valence-corrected chi connectivity index (χ2v) is 24.9. The van der Waals surface area contributed by atoms with E-state index in [1.165, 1.54) is 31.2 Å². The highest BCUT2D eigenvalue weighted by Crippen LogP contribution is 2.41. The molecule has 2 aliphatic heterocycles. The third kappa shape index (κ3) is 15.0. The van der Waals surface area contributed by atoms with Crippen LogP contribution in [0.3, 0.4) is 0 Å². The fourth-order valence-corrected chi connectivity index (χ4v) is 12.7. The van der Waals surface area contributed by atoms with E-state index in [2.05, 4.69) is 20.5 Å². The summed E-state index contributed by atoms with van der Waals surface area (Å²) in [6.45, 7) is 0.321. The summed E-state index contributed by atoms with van der Waals surface area (Å²) < 4.78 is 144. The highest BCUT2D eigenvalue weighted by atomic mass is 32.2. The van der Waals surface area contributed by atoms with E-state index >= 15 is 0 Å². The Kier molecular flexibility index (Phi) is 19.7. The van der Waals surface area contributed by atoms with Gasteiger partial charge in [-0.05, 0) is 79.7 Å². The van der Waals surface area contributed by atoms with Gasteiger partial charge in [0.2, 0.25) is 13.3 Å². The Morgan fingerprint density at radius 3 is 2.04 bits per heavy atom. The van der Waals surface area contributed by atoms with Crippen LogP contribution in [0.1, 0.15) is 79.1 Å². The Morgan fingerprint density at radius 2 is 1.42 bits per heavy atom. The number of carbonyl (C=O) groups is 3. The number of aliphatic hydroxyl groups excluding tert-OH is 5. The van der Waals surface area contributed by atoms with Gasteiger partial charge < -0.3 is 79.8 Å². The van der Waals surface area contributed by atoms with Crippen LogP contribution >= 0.6 is 0 Å². The van der Waals surface area contributed by atoms with E-state index in [-0.39, 0.29) is 24.3 Å². The number of esters is 1. The van der Waals surface area contributed by atoms with Gasteiger partial charge in [-0.3, -0.25) is 18.5 Å². The number of carboxylic acids is 1. The second-order valence-electron chi connectivity index (χ2n) is 20.7. The number of hydrogen-bond donors (Lipinski definition) is 13. The van der Waals surface area contributed by atoms with E-state index in [0.29, 0.717) is 31.0 Å². The number of carbonyl (C=O) groups excluding carboxylic acids is 2. The van der Waals surface area contributed by atoms with Crippen LogP contribution in [-0.4, -0.2) is 207 Å². The molecule has 0 spiro atoms. The van der Waals surface area contributed by atoms with Gasteiger partial charge in [-0.25, -0.2) is 9.59 Å². The summed E-state index contributed by atoms with van der Waals surface area (Å²) in [7, 11) is -16.5. The van der Waals surface area contributed by atoms with Crippen molar-refractivity contribution in [1.82, 2.24) is 15.3 Å². The molecule has 8 rings (SSSR count). The molecule has 1 amide bonds. The Balaban J connectivity index is 1.26. The summed E-state index contributed by atoms with van der Waals surface area (Å²) in [6, 6.07) is 7.84. The van der Waals surface area contributed by atoms with E-state index in [9.17, 15) is 94.1 Å². The van der Waals surface area contributed by atoms with E-state index in [4.69, 9.17) is 28.4 Å². The predicted octanol–water partition coefficient (Wildman–Crippen LogP) is -0.364. The number of aromatic hydroxyl groups is 2. The summed E-state index contributed by atoms with van der Waals surface area (Å²) in [5, 5.41) is 90.7. The monoisotopic (exact) mass is 1230 g/mol. The number of nitrogens with one attached hydrogen (secondary N) is 2. The molecule has 1 aromatic heterocycles. The van der Waals surface area contributed by atoms with Crippen molar-refractivity contribution in [2.24, 2.45) is 5.92 Å². The molecule has 34 heteroatoms. The van der Waals surface area contributed by atoms with Gasteiger partial charge in [0.25, 0.3) is 36.3 Å². The molecule has 0 bridgehead atoms. The molecule has 15 atom stereocenters. The van der Waals surface area contributed by atoms with Crippen LogP contribution < -0.4 is 10.5 Å². The lowest BCUT2D eigenvalue weighted by molar-refractivity contribution is -0.346. The predicted molar refractivity (Wildman–Crippen MR) is 281 cm³/mol. The van der Waals surface area contributed by atoms with Crippen LogP contribution in [0.15, 0.2) is 75.4 Å². The average molecular weight is 1230 g/mol. The van der Waals surface area contributed by atoms with Gasteiger partial charge in [-0.15, -0.1) is 0 Å². The molecule has 2 saturated carbocycles. The van der Waals surface area contributed by atoms with Gasteiger partial charge in [-0.2, -0.15) is 35.2 Å². The minimum Gasteiger partial charge on any atom is -0.493 e. The average Bonchev–Trinajstić information content (AvgIpc) is 2.41. The molecule has 454 valence electrons. The lowest BCUT2D eigenvalue weighted by atomic mass is 9.64. The zero-order valence-electron chi connectivity index (χ0n) is 43.7. The zero-order valence-corrected chi connectivity index (χ0v) is 46.2. The maximum absolute atomic E-state index is 14.2. The van der Waals surface area contributed by atoms with E-state index in [0.717, 1.165) is 31.4 Å². The first-order chi connectivity index (χ1) is 39.0. The molecule has 2 saturated heterocycles. The highest BCUT2D eigenvalue weighted by Gasteiger charge is 2.54. The summed E-state index contributed by atoms with van der Waals surface area (Å²) in [6.07, 6.45) is -20.4. The lowest BCUT2D eigenvalue weighted by Gasteiger charge is -2.49. The number of aliphatic hydroxyl groups is 5. The molecule has 30 nitrogen and oxygen atoms in total. The van der Waals surface area contributed by atoms with Crippen LogP contribution in [0.5, 0.6) is 11.9 Å². The number of carboxylic acid groups (broad SMARTS) is 1. The van der Waals surface area contributed by atoms with Crippen molar-refractivity contribution < 1.29 is 123 Å². The van der Waals surface area contributed by atoms with Crippen molar-refractivity contribution in [3.05, 3.63) is 71.9 Å². The first-order valence-electron chi connectivity index (χ1n) is 26.0. The molecule has 4 fully saturated rings. The van der Waals surface area contributed by atoms with Crippen molar-refractivity contribution in [1.29, 1.82) is 0 Å². The van der Waals surface area contributed by atoms with Crippen LogP contribution in [0, 0.1) is 5.92 Å². The SMILES string of the molecule is CC1OC(OC2C(NC(=O)c3cc(O)nc(O)n3)CC(BNc3cc(S(=O)(=O)O)cc4cc(S(=O)(=O)O)cc(S(=O)(=O)O)c34)CC2OC2OC(CO)C(O)C(O[C@@H](CC3CCCCC3)C(=O)O)C2OC(=O)c2ccccc2)C(O)C(O)C1O. The third-order valence-electron chi connectivity index (χ3n) is 14.9. The second kappa shape index (κ2) is 25.8. The maximum atomic E-state index is 14.2. The van der Waals surface area contributed by atoms with E-state index < -0.39 is 209 Å². The van der Waals surface area contributed by atoms with Crippen molar-refractivity contribution in [2.75, 3.05) is 11.8 Å². The van der Waals surface area contributed by atoms with Crippen molar-refractivity contribution >= 4 is 72.1 Å². The molecule has 14 unspecified atom stereocenters. The van der Waals surface area contributed by atoms with Crippen LogP contribution in [0.4, 0.5) is 5.69 Å². The lowest BCUT2D eigenvalue weighted by Crippen LogP contribution is -2.65. The molecule has 2 aliphatic carbocycles. The van der Waals surface area contributed by atoms with Crippen molar-refractivity contribution in [2.45, 2.75) is 165 Å². The summed E-state index contributed by atoms with van der Waals surface area (Å²) in [5.41, 5.74) is -1.24. The number of nitrogens with zero attached hydrogens (tertiary/aromatic N) is 2. The summed E-state index contributed by atoms with van der Waals surface area (Å²) >= 11 is 0. The molecule has 4 aliphatic rings. The minimum atomic E-state index is -5.46. The Labute approximate surface area is 474 Å². The molecule has 3 heterocycles. The van der Waals surface area contributed by atoms with Crippen molar-refractivity contribution in [3.63, 3.8) is 0 Å². The van der Waals surface area contributed by atoms with Gasteiger partial charge >= 0.3 is 17.9 Å². The minimum absolute atomic E-state index is 0.0525. The number of benzene rings is 3. The van der Waals surface area contributed by atoms with Crippen LogP contribution in [0.2, 0.25) is 5.82 Å². The number of hydrogen-bond acceptors (Lipinski definition) is 25. The van der Waals surface area contributed by atoms with Gasteiger partial charge in [0.05, 0.1) is 40.2 Å². The zero-order chi connectivity index (χ0) is 60.5. The van der Waals surface area contributed by atoms with Gasteiger partial charge in [0, 0.05) is 17.1 Å². The number of rotatable bonds is 20. The number of anilines is 1. The molecule has 3 aromatic carbocycles. The van der Waals surface area contributed by atoms with E-state index in [1.807, 2.05) is 0 Å². The number of amides is 1.